The van der Waals surface area contributed by atoms with Crippen molar-refractivity contribution in [1.82, 2.24) is 19.6 Å². The van der Waals surface area contributed by atoms with Gasteiger partial charge in [0.05, 0.1) is 0 Å². The zero-order valence-corrected chi connectivity index (χ0v) is 22.4. The monoisotopic (exact) mass is 512 g/mol. The Balaban J connectivity index is 1.34. The average molecular weight is 513 g/mol. The third kappa shape index (κ3) is 7.16. The number of carbonyl (C=O) groups excluding carboxylic acids is 1. The first-order chi connectivity index (χ1) is 17.3. The van der Waals surface area contributed by atoms with Gasteiger partial charge in [-0.05, 0) is 62.2 Å². The normalized spacial score (nSPS) is 20.5. The largest absolute Gasteiger partial charge is 0.372 e. The topological polar surface area (TPSA) is 30.0 Å². The molecule has 4 rings (SSSR count). The highest BCUT2D eigenvalue weighted by Crippen LogP contribution is 2.21. The highest BCUT2D eigenvalue weighted by atomic mass is 35.5. The van der Waals surface area contributed by atoms with Gasteiger partial charge in [0.15, 0.2) is 5.78 Å². The molecule has 2 aliphatic rings. The van der Waals surface area contributed by atoms with Crippen LogP contribution in [0.4, 0.5) is 4.39 Å². The van der Waals surface area contributed by atoms with Gasteiger partial charge >= 0.3 is 0 Å². The second-order valence-electron chi connectivity index (χ2n) is 10.3. The van der Waals surface area contributed by atoms with E-state index in [0.717, 1.165) is 75.6 Å². The van der Waals surface area contributed by atoms with Crippen molar-refractivity contribution in [2.24, 2.45) is 0 Å². The summed E-state index contributed by atoms with van der Waals surface area (Å²) in [4.78, 5) is 22.7. The van der Waals surface area contributed by atoms with Crippen LogP contribution in [0, 0.1) is 5.82 Å². The molecule has 2 aliphatic heterocycles. The number of halogens is 2. The van der Waals surface area contributed by atoms with E-state index in [-0.39, 0.29) is 17.6 Å². The van der Waals surface area contributed by atoms with E-state index < -0.39 is 0 Å². The Labute approximate surface area is 220 Å². The molecule has 0 spiro atoms. The number of piperazine rings is 2. The van der Waals surface area contributed by atoms with E-state index in [9.17, 15) is 9.18 Å². The predicted molar refractivity (Wildman–Crippen MR) is 145 cm³/mol. The lowest BCUT2D eigenvalue weighted by Crippen LogP contribution is -2.49. The van der Waals surface area contributed by atoms with Gasteiger partial charge in [-0.1, -0.05) is 23.7 Å². The number of rotatable bonds is 8. The van der Waals surface area contributed by atoms with Gasteiger partial charge in [0.2, 0.25) is 0 Å². The summed E-state index contributed by atoms with van der Waals surface area (Å²) < 4.78 is 13.2. The van der Waals surface area contributed by atoms with Gasteiger partial charge < -0.3 is 4.90 Å². The van der Waals surface area contributed by atoms with Crippen LogP contribution in [-0.2, 0) is 13.1 Å². The molecule has 194 valence electrons. The molecule has 2 aromatic rings. The standard InChI is InChI=1S/C29H38ClFN4O/c1-22(2)34-15-12-32(13-16-34)21-25-18-26(30)6-9-28(25)29(36)10-11-35-17-14-33(19-23(35)3)20-24-4-7-27(31)8-5-24/h4-11,18,22-23H,12-17,19-21H2,1-3H3/b11-10+/t23-/m1/s1. The van der Waals surface area contributed by atoms with Crippen molar-refractivity contribution in [2.45, 2.75) is 45.9 Å². The molecule has 0 bridgehead atoms. The van der Waals surface area contributed by atoms with Crippen molar-refractivity contribution >= 4 is 17.4 Å². The van der Waals surface area contributed by atoms with Crippen LogP contribution in [0.2, 0.25) is 5.02 Å². The molecular formula is C29H38ClFN4O. The smallest absolute Gasteiger partial charge is 0.187 e. The highest BCUT2D eigenvalue weighted by Gasteiger charge is 2.23. The zero-order valence-electron chi connectivity index (χ0n) is 21.7. The molecule has 2 aromatic carbocycles. The summed E-state index contributed by atoms with van der Waals surface area (Å²) in [5.74, 6) is -0.187. The molecule has 2 saturated heterocycles. The van der Waals surface area contributed by atoms with Gasteiger partial charge in [-0.15, -0.1) is 0 Å². The molecular weight excluding hydrogens is 475 g/mol. The molecule has 2 heterocycles. The number of benzene rings is 2. The van der Waals surface area contributed by atoms with E-state index in [1.165, 1.54) is 12.1 Å². The van der Waals surface area contributed by atoms with E-state index in [4.69, 9.17) is 11.6 Å². The van der Waals surface area contributed by atoms with Crippen molar-refractivity contribution in [3.05, 3.63) is 82.3 Å². The lowest BCUT2D eigenvalue weighted by molar-refractivity contribution is 0.100. The van der Waals surface area contributed by atoms with Crippen LogP contribution in [-0.4, -0.2) is 83.3 Å². The van der Waals surface area contributed by atoms with E-state index in [0.29, 0.717) is 11.1 Å². The lowest BCUT2D eigenvalue weighted by Gasteiger charge is -2.39. The predicted octanol–water partition coefficient (Wildman–Crippen LogP) is 4.91. The Kier molecular flexibility index (Phi) is 9.18. The third-order valence-corrected chi connectivity index (χ3v) is 7.60. The number of hydrogen-bond donors (Lipinski definition) is 0. The minimum atomic E-state index is -0.204. The lowest BCUT2D eigenvalue weighted by atomic mass is 10.0. The first kappa shape index (κ1) is 26.8. The molecule has 0 aromatic heterocycles. The summed E-state index contributed by atoms with van der Waals surface area (Å²) in [5, 5.41) is 0.664. The van der Waals surface area contributed by atoms with Gasteiger partial charge in [-0.25, -0.2) is 4.39 Å². The average Bonchev–Trinajstić information content (AvgIpc) is 2.85. The Morgan fingerprint density at radius 3 is 2.36 bits per heavy atom. The van der Waals surface area contributed by atoms with E-state index in [1.54, 1.807) is 12.1 Å². The first-order valence-electron chi connectivity index (χ1n) is 13.0. The Bertz CT molecular complexity index is 1050. The number of allylic oxidation sites excluding steroid dienone is 1. The van der Waals surface area contributed by atoms with Crippen LogP contribution in [0.25, 0.3) is 0 Å². The molecule has 0 amide bonds. The van der Waals surface area contributed by atoms with Crippen LogP contribution in [0.5, 0.6) is 0 Å². The van der Waals surface area contributed by atoms with Crippen molar-refractivity contribution < 1.29 is 9.18 Å². The maximum Gasteiger partial charge on any atom is 0.187 e. The number of hydrogen-bond acceptors (Lipinski definition) is 5. The van der Waals surface area contributed by atoms with Crippen molar-refractivity contribution in [3.8, 4) is 0 Å². The minimum Gasteiger partial charge on any atom is -0.372 e. The molecule has 0 radical (unpaired) electrons. The molecule has 0 N–H and O–H groups in total. The van der Waals surface area contributed by atoms with Crippen LogP contribution >= 0.6 is 11.6 Å². The van der Waals surface area contributed by atoms with E-state index in [1.807, 2.05) is 30.5 Å². The van der Waals surface area contributed by atoms with Gasteiger partial charge in [0.25, 0.3) is 0 Å². The van der Waals surface area contributed by atoms with Gasteiger partial charge in [-0.2, -0.15) is 0 Å². The van der Waals surface area contributed by atoms with Crippen molar-refractivity contribution in [3.63, 3.8) is 0 Å². The second-order valence-corrected chi connectivity index (χ2v) is 10.8. The quantitative estimate of drug-likeness (QED) is 0.370. The fourth-order valence-corrected chi connectivity index (χ4v) is 5.32. The van der Waals surface area contributed by atoms with Crippen LogP contribution in [0.15, 0.2) is 54.7 Å². The molecule has 1 atom stereocenters. The summed E-state index contributed by atoms with van der Waals surface area (Å²) in [6.07, 6.45) is 3.65. The van der Waals surface area contributed by atoms with Crippen LogP contribution in [0.1, 0.15) is 42.3 Å². The van der Waals surface area contributed by atoms with Crippen molar-refractivity contribution in [1.29, 1.82) is 0 Å². The number of ketones is 1. The SMILES string of the molecule is CC(C)N1CCN(Cc2cc(Cl)ccc2C(=O)/C=C/N2CCN(Cc3ccc(F)cc3)C[C@H]2C)CC1. The summed E-state index contributed by atoms with van der Waals surface area (Å²) >= 11 is 6.31. The fourth-order valence-electron chi connectivity index (χ4n) is 5.13. The van der Waals surface area contributed by atoms with Crippen molar-refractivity contribution in [2.75, 3.05) is 45.8 Å². The number of nitrogens with zero attached hydrogens (tertiary/aromatic N) is 4. The van der Waals surface area contributed by atoms with Gasteiger partial charge in [0.1, 0.15) is 5.82 Å². The maximum absolute atomic E-state index is 13.2. The maximum atomic E-state index is 13.2. The fraction of sp³-hybridized carbons (Fsp3) is 0.483. The Morgan fingerprint density at radius 1 is 1.00 bits per heavy atom. The second kappa shape index (κ2) is 12.3. The Morgan fingerprint density at radius 2 is 1.69 bits per heavy atom. The van der Waals surface area contributed by atoms with Gasteiger partial charge in [-0.3, -0.25) is 19.5 Å². The van der Waals surface area contributed by atoms with Crippen LogP contribution < -0.4 is 0 Å². The Hall–Kier alpha value is -2.25. The van der Waals surface area contributed by atoms with E-state index in [2.05, 4.69) is 40.4 Å². The molecule has 5 nitrogen and oxygen atoms in total. The summed E-state index contributed by atoms with van der Waals surface area (Å²) in [5.41, 5.74) is 2.83. The van der Waals surface area contributed by atoms with E-state index >= 15 is 0 Å². The van der Waals surface area contributed by atoms with Crippen LogP contribution in [0.3, 0.4) is 0 Å². The highest BCUT2D eigenvalue weighted by molar-refractivity contribution is 6.30. The molecule has 36 heavy (non-hydrogen) atoms. The molecule has 7 heteroatoms. The molecule has 0 aliphatic carbocycles. The minimum absolute atomic E-state index is 0.0171. The summed E-state index contributed by atoms with van der Waals surface area (Å²) in [6, 6.07) is 13.2. The number of carbonyl (C=O) groups is 1. The first-order valence-corrected chi connectivity index (χ1v) is 13.4. The third-order valence-electron chi connectivity index (χ3n) is 7.36. The van der Waals surface area contributed by atoms with Gasteiger partial charge in [0, 0.05) is 93.8 Å². The zero-order chi connectivity index (χ0) is 25.7. The molecule has 2 fully saturated rings. The molecule has 0 saturated carbocycles. The molecule has 0 unspecified atom stereocenters. The summed E-state index contributed by atoms with van der Waals surface area (Å²) in [7, 11) is 0. The summed E-state index contributed by atoms with van der Waals surface area (Å²) in [6.45, 7) is 14.9.